The Balaban J connectivity index is 2.41. The molecule has 0 bridgehead atoms. The van der Waals surface area contributed by atoms with Crippen molar-refractivity contribution in [3.8, 4) is 0 Å². The van der Waals surface area contributed by atoms with E-state index in [0.717, 1.165) is 19.5 Å². The molecule has 0 aromatic heterocycles. The van der Waals surface area contributed by atoms with Gasteiger partial charge in [-0.3, -0.25) is 4.79 Å². The molecule has 0 aromatic rings. The summed E-state index contributed by atoms with van der Waals surface area (Å²) in [6, 6.07) is 0.310. The number of carboxylic acid groups (broad SMARTS) is 1. The van der Waals surface area contributed by atoms with E-state index in [2.05, 4.69) is 24.5 Å². The summed E-state index contributed by atoms with van der Waals surface area (Å²) >= 11 is 0. The fourth-order valence-electron chi connectivity index (χ4n) is 1.76. The zero-order valence-electron chi connectivity index (χ0n) is 8.26. The van der Waals surface area contributed by atoms with Crippen molar-refractivity contribution in [2.45, 2.75) is 26.3 Å². The summed E-state index contributed by atoms with van der Waals surface area (Å²) in [4.78, 5) is 10.4. The lowest BCUT2D eigenvalue weighted by Gasteiger charge is -2.39. The van der Waals surface area contributed by atoms with E-state index in [4.69, 9.17) is 5.11 Å². The molecule has 1 heterocycles. The van der Waals surface area contributed by atoms with E-state index in [9.17, 15) is 4.79 Å². The standard InChI is InChI=1S/C9H18N2O2/c1-9(2)6-10-4-3-7(9)11-5-8(12)13/h7,10-11H,3-6H2,1-2H3,(H,12,13). The smallest absolute Gasteiger partial charge is 0.317 e. The second-order valence-corrected chi connectivity index (χ2v) is 4.28. The quantitative estimate of drug-likeness (QED) is 0.583. The van der Waals surface area contributed by atoms with E-state index < -0.39 is 5.97 Å². The van der Waals surface area contributed by atoms with Gasteiger partial charge in [0.25, 0.3) is 0 Å². The molecule has 1 atom stereocenters. The molecule has 1 aliphatic heterocycles. The summed E-state index contributed by atoms with van der Waals surface area (Å²) in [5.41, 5.74) is 0.147. The summed E-state index contributed by atoms with van der Waals surface area (Å²) < 4.78 is 0. The highest BCUT2D eigenvalue weighted by molar-refractivity contribution is 5.69. The third-order valence-corrected chi connectivity index (χ3v) is 2.63. The van der Waals surface area contributed by atoms with Crippen LogP contribution in [0.5, 0.6) is 0 Å². The number of hydrogen-bond acceptors (Lipinski definition) is 3. The lowest BCUT2D eigenvalue weighted by molar-refractivity contribution is -0.136. The van der Waals surface area contributed by atoms with Crippen LogP contribution >= 0.6 is 0 Å². The van der Waals surface area contributed by atoms with Gasteiger partial charge < -0.3 is 15.7 Å². The van der Waals surface area contributed by atoms with Crippen LogP contribution in [0.3, 0.4) is 0 Å². The predicted octanol–water partition coefficient (Wildman–Crippen LogP) is 0.0487. The average molecular weight is 186 g/mol. The van der Waals surface area contributed by atoms with Gasteiger partial charge >= 0.3 is 5.97 Å². The summed E-state index contributed by atoms with van der Waals surface area (Å²) in [5.74, 6) is -0.783. The zero-order chi connectivity index (χ0) is 9.90. The Labute approximate surface area is 78.7 Å². The molecule has 4 heteroatoms. The molecule has 1 unspecified atom stereocenters. The number of hydrogen-bond donors (Lipinski definition) is 3. The van der Waals surface area contributed by atoms with Crippen LogP contribution in [0.1, 0.15) is 20.3 Å². The van der Waals surface area contributed by atoms with Gasteiger partial charge in [-0.15, -0.1) is 0 Å². The van der Waals surface area contributed by atoms with Gasteiger partial charge in [0.2, 0.25) is 0 Å². The minimum absolute atomic E-state index is 0.0636. The second-order valence-electron chi connectivity index (χ2n) is 4.28. The van der Waals surface area contributed by atoms with Gasteiger partial charge in [0.15, 0.2) is 0 Å². The summed E-state index contributed by atoms with van der Waals surface area (Å²) in [5, 5.41) is 14.9. The van der Waals surface area contributed by atoms with Crippen molar-refractivity contribution >= 4 is 5.97 Å². The first-order valence-corrected chi connectivity index (χ1v) is 4.68. The van der Waals surface area contributed by atoms with Gasteiger partial charge in [-0.25, -0.2) is 0 Å². The third-order valence-electron chi connectivity index (χ3n) is 2.63. The molecule has 13 heavy (non-hydrogen) atoms. The molecule has 4 nitrogen and oxygen atoms in total. The molecule has 3 N–H and O–H groups in total. The normalized spacial score (nSPS) is 27.1. The van der Waals surface area contributed by atoms with Crippen molar-refractivity contribution in [3.63, 3.8) is 0 Å². The highest BCUT2D eigenvalue weighted by Gasteiger charge is 2.31. The molecule has 0 spiro atoms. The van der Waals surface area contributed by atoms with E-state index in [-0.39, 0.29) is 12.0 Å². The number of aliphatic carboxylic acids is 1. The Morgan fingerprint density at radius 3 is 2.92 bits per heavy atom. The van der Waals surface area contributed by atoms with Crippen LogP contribution in [-0.2, 0) is 4.79 Å². The van der Waals surface area contributed by atoms with E-state index in [1.54, 1.807) is 0 Å². The first-order chi connectivity index (χ1) is 6.02. The average Bonchev–Trinajstić information content (AvgIpc) is 2.01. The molecular formula is C9H18N2O2. The Morgan fingerprint density at radius 1 is 1.69 bits per heavy atom. The van der Waals surface area contributed by atoms with Crippen molar-refractivity contribution in [3.05, 3.63) is 0 Å². The van der Waals surface area contributed by atoms with Crippen LogP contribution in [-0.4, -0.2) is 36.8 Å². The Morgan fingerprint density at radius 2 is 2.38 bits per heavy atom. The van der Waals surface area contributed by atoms with Gasteiger partial charge in [-0.2, -0.15) is 0 Å². The maximum Gasteiger partial charge on any atom is 0.317 e. The van der Waals surface area contributed by atoms with E-state index in [1.807, 2.05) is 0 Å². The largest absolute Gasteiger partial charge is 0.480 e. The molecule has 0 aromatic carbocycles. The van der Waals surface area contributed by atoms with Crippen LogP contribution in [0.15, 0.2) is 0 Å². The molecule has 1 rings (SSSR count). The predicted molar refractivity (Wildman–Crippen MR) is 50.7 cm³/mol. The Kier molecular flexibility index (Phi) is 3.27. The molecule has 76 valence electrons. The van der Waals surface area contributed by atoms with Crippen LogP contribution < -0.4 is 10.6 Å². The number of carbonyl (C=O) groups is 1. The van der Waals surface area contributed by atoms with Crippen molar-refractivity contribution in [2.75, 3.05) is 19.6 Å². The molecule has 0 aliphatic carbocycles. The van der Waals surface area contributed by atoms with Crippen molar-refractivity contribution in [1.29, 1.82) is 0 Å². The molecular weight excluding hydrogens is 168 g/mol. The fourth-order valence-corrected chi connectivity index (χ4v) is 1.76. The maximum absolute atomic E-state index is 10.4. The van der Waals surface area contributed by atoms with Crippen LogP contribution in [0.4, 0.5) is 0 Å². The number of nitrogens with one attached hydrogen (secondary N) is 2. The molecule has 0 saturated carbocycles. The van der Waals surface area contributed by atoms with E-state index >= 15 is 0 Å². The lowest BCUT2D eigenvalue weighted by atomic mass is 9.80. The highest BCUT2D eigenvalue weighted by Crippen LogP contribution is 2.24. The molecule has 1 aliphatic rings. The van der Waals surface area contributed by atoms with Crippen molar-refractivity contribution in [2.24, 2.45) is 5.41 Å². The third kappa shape index (κ3) is 2.97. The molecule has 0 radical (unpaired) electrons. The van der Waals surface area contributed by atoms with Gasteiger partial charge in [0.1, 0.15) is 0 Å². The minimum Gasteiger partial charge on any atom is -0.480 e. The lowest BCUT2D eigenvalue weighted by Crippen LogP contribution is -2.53. The number of rotatable bonds is 3. The van der Waals surface area contributed by atoms with Crippen molar-refractivity contribution < 1.29 is 9.90 Å². The molecule has 0 amide bonds. The van der Waals surface area contributed by atoms with Gasteiger partial charge in [0.05, 0.1) is 6.54 Å². The number of piperidine rings is 1. The molecule has 1 fully saturated rings. The van der Waals surface area contributed by atoms with Gasteiger partial charge in [-0.1, -0.05) is 13.8 Å². The topological polar surface area (TPSA) is 61.4 Å². The fraction of sp³-hybridized carbons (Fsp3) is 0.889. The van der Waals surface area contributed by atoms with Gasteiger partial charge in [-0.05, 0) is 18.4 Å². The zero-order valence-corrected chi connectivity index (χ0v) is 8.26. The van der Waals surface area contributed by atoms with Crippen LogP contribution in [0.2, 0.25) is 0 Å². The van der Waals surface area contributed by atoms with E-state index in [0.29, 0.717) is 6.04 Å². The van der Waals surface area contributed by atoms with Crippen LogP contribution in [0.25, 0.3) is 0 Å². The summed E-state index contributed by atoms with van der Waals surface area (Å²) in [6.45, 7) is 6.29. The Bertz CT molecular complexity index is 192. The van der Waals surface area contributed by atoms with E-state index in [1.165, 1.54) is 0 Å². The monoisotopic (exact) mass is 186 g/mol. The SMILES string of the molecule is CC1(C)CNCCC1NCC(=O)O. The number of carboxylic acids is 1. The summed E-state index contributed by atoms with van der Waals surface area (Å²) in [6.07, 6.45) is 1.00. The molecule has 1 saturated heterocycles. The first-order valence-electron chi connectivity index (χ1n) is 4.68. The van der Waals surface area contributed by atoms with Crippen molar-refractivity contribution in [1.82, 2.24) is 10.6 Å². The highest BCUT2D eigenvalue weighted by atomic mass is 16.4. The summed E-state index contributed by atoms with van der Waals surface area (Å²) in [7, 11) is 0. The minimum atomic E-state index is -0.783. The van der Waals surface area contributed by atoms with Crippen LogP contribution in [0, 0.1) is 5.41 Å². The Hall–Kier alpha value is -0.610. The second kappa shape index (κ2) is 4.07. The van der Waals surface area contributed by atoms with Gasteiger partial charge in [0, 0.05) is 12.6 Å². The first kappa shape index (κ1) is 10.5. The maximum atomic E-state index is 10.4.